The van der Waals surface area contributed by atoms with Crippen molar-refractivity contribution in [1.82, 2.24) is 4.98 Å². The molecule has 1 aromatic heterocycles. The molecule has 0 fully saturated rings. The van der Waals surface area contributed by atoms with Crippen LogP contribution in [-0.4, -0.2) is 22.7 Å². The lowest BCUT2D eigenvalue weighted by atomic mass is 10.0. The van der Waals surface area contributed by atoms with Gasteiger partial charge in [0.2, 0.25) is 0 Å². The van der Waals surface area contributed by atoms with Crippen LogP contribution in [0.4, 0.5) is 6.01 Å². The molecule has 0 atom stereocenters. The molecule has 0 bridgehead atoms. The second-order valence-corrected chi connectivity index (χ2v) is 4.00. The van der Waals surface area contributed by atoms with Crippen LogP contribution in [0, 0.1) is 0 Å². The van der Waals surface area contributed by atoms with Crippen molar-refractivity contribution < 1.29 is 9.52 Å². The summed E-state index contributed by atoms with van der Waals surface area (Å²) < 4.78 is 5.26. The van der Waals surface area contributed by atoms with Crippen molar-refractivity contribution in [1.29, 1.82) is 0 Å². The first kappa shape index (κ1) is 11.0. The van der Waals surface area contributed by atoms with E-state index in [0.717, 1.165) is 6.42 Å². The average molecular weight is 198 g/mol. The van der Waals surface area contributed by atoms with Gasteiger partial charge in [-0.25, -0.2) is 0 Å². The predicted molar refractivity (Wildman–Crippen MR) is 55.2 cm³/mol. The van der Waals surface area contributed by atoms with Crippen molar-refractivity contribution >= 4 is 6.01 Å². The molecule has 0 unspecified atom stereocenters. The molecular weight excluding hydrogens is 180 g/mol. The van der Waals surface area contributed by atoms with E-state index in [4.69, 9.17) is 9.52 Å². The SMILES string of the molecule is CCC(C)(C)N(C)c1nc(CO)co1. The van der Waals surface area contributed by atoms with E-state index in [1.54, 1.807) is 0 Å². The number of hydrogen-bond donors (Lipinski definition) is 1. The third kappa shape index (κ3) is 2.07. The molecule has 0 aliphatic carbocycles. The summed E-state index contributed by atoms with van der Waals surface area (Å²) in [6, 6.07) is 0.556. The topological polar surface area (TPSA) is 49.5 Å². The highest BCUT2D eigenvalue weighted by Gasteiger charge is 2.24. The summed E-state index contributed by atoms with van der Waals surface area (Å²) >= 11 is 0. The molecule has 0 saturated carbocycles. The van der Waals surface area contributed by atoms with Gasteiger partial charge in [-0.3, -0.25) is 0 Å². The molecule has 0 aliphatic heterocycles. The summed E-state index contributed by atoms with van der Waals surface area (Å²) in [4.78, 5) is 6.13. The van der Waals surface area contributed by atoms with Gasteiger partial charge in [-0.2, -0.15) is 4.98 Å². The minimum absolute atomic E-state index is 0.0115. The molecular formula is C10H18N2O2. The number of aliphatic hydroxyl groups excluding tert-OH is 1. The lowest BCUT2D eigenvalue weighted by molar-refractivity contribution is 0.276. The second-order valence-electron chi connectivity index (χ2n) is 4.00. The Bertz CT molecular complexity index is 294. The number of anilines is 1. The van der Waals surface area contributed by atoms with Gasteiger partial charge in [0.15, 0.2) is 0 Å². The zero-order valence-corrected chi connectivity index (χ0v) is 9.24. The number of nitrogens with zero attached hydrogens (tertiary/aromatic N) is 2. The lowest BCUT2D eigenvalue weighted by Gasteiger charge is -2.33. The summed E-state index contributed by atoms with van der Waals surface area (Å²) in [6.07, 6.45) is 2.48. The van der Waals surface area contributed by atoms with Crippen molar-refractivity contribution in [3.63, 3.8) is 0 Å². The fourth-order valence-electron chi connectivity index (χ4n) is 1.02. The third-order valence-electron chi connectivity index (χ3n) is 2.76. The van der Waals surface area contributed by atoms with Crippen LogP contribution in [0.2, 0.25) is 0 Å². The summed E-state index contributed by atoms with van der Waals surface area (Å²) in [7, 11) is 1.94. The molecule has 4 nitrogen and oxygen atoms in total. The van der Waals surface area contributed by atoms with Gasteiger partial charge >= 0.3 is 0 Å². The van der Waals surface area contributed by atoms with E-state index in [9.17, 15) is 0 Å². The van der Waals surface area contributed by atoms with Crippen LogP contribution in [0.3, 0.4) is 0 Å². The highest BCUT2D eigenvalue weighted by atomic mass is 16.4. The van der Waals surface area contributed by atoms with Crippen LogP contribution in [0.25, 0.3) is 0 Å². The molecule has 0 aliphatic rings. The quantitative estimate of drug-likeness (QED) is 0.801. The molecule has 1 heterocycles. The molecule has 0 saturated heterocycles. The van der Waals surface area contributed by atoms with E-state index in [-0.39, 0.29) is 12.1 Å². The molecule has 0 radical (unpaired) electrons. The smallest absolute Gasteiger partial charge is 0.297 e. The Morgan fingerprint density at radius 3 is 2.64 bits per heavy atom. The Labute approximate surface area is 84.6 Å². The van der Waals surface area contributed by atoms with Crippen molar-refractivity contribution in [3.8, 4) is 0 Å². The van der Waals surface area contributed by atoms with E-state index in [2.05, 4.69) is 25.8 Å². The number of aromatic nitrogens is 1. The Hall–Kier alpha value is -1.03. The molecule has 4 heteroatoms. The molecule has 1 aromatic rings. The monoisotopic (exact) mass is 198 g/mol. The highest BCUT2D eigenvalue weighted by Crippen LogP contribution is 2.23. The largest absolute Gasteiger partial charge is 0.432 e. The van der Waals surface area contributed by atoms with Crippen molar-refractivity contribution in [2.45, 2.75) is 39.3 Å². The Morgan fingerprint density at radius 2 is 2.21 bits per heavy atom. The maximum Gasteiger partial charge on any atom is 0.297 e. The maximum atomic E-state index is 8.85. The van der Waals surface area contributed by atoms with Crippen molar-refractivity contribution in [3.05, 3.63) is 12.0 Å². The molecule has 80 valence electrons. The normalized spacial score (nSPS) is 11.8. The van der Waals surface area contributed by atoms with Crippen LogP contribution < -0.4 is 4.90 Å². The van der Waals surface area contributed by atoms with E-state index in [0.29, 0.717) is 11.7 Å². The zero-order chi connectivity index (χ0) is 10.8. The van der Waals surface area contributed by atoms with Crippen molar-refractivity contribution in [2.75, 3.05) is 11.9 Å². The average Bonchev–Trinajstić information content (AvgIpc) is 2.64. The number of oxazole rings is 1. The summed E-state index contributed by atoms with van der Waals surface area (Å²) in [5.74, 6) is 0. The first-order valence-electron chi connectivity index (χ1n) is 4.80. The Balaban J connectivity index is 2.83. The van der Waals surface area contributed by atoms with E-state index >= 15 is 0 Å². The standard InChI is InChI=1S/C10H18N2O2/c1-5-10(2,3)12(4)9-11-8(6-13)7-14-9/h7,13H,5-6H2,1-4H3. The van der Waals surface area contributed by atoms with Gasteiger partial charge in [0.25, 0.3) is 6.01 Å². The second kappa shape index (κ2) is 4.00. The summed E-state index contributed by atoms with van der Waals surface area (Å²) in [5, 5.41) is 8.85. The molecule has 14 heavy (non-hydrogen) atoms. The van der Waals surface area contributed by atoms with Gasteiger partial charge in [0.1, 0.15) is 12.0 Å². The highest BCUT2D eigenvalue weighted by molar-refractivity contribution is 5.29. The van der Waals surface area contributed by atoms with Gasteiger partial charge in [-0.15, -0.1) is 0 Å². The maximum absolute atomic E-state index is 8.85. The van der Waals surface area contributed by atoms with Crippen LogP contribution in [0.15, 0.2) is 10.7 Å². The minimum Gasteiger partial charge on any atom is -0.432 e. The fourth-order valence-corrected chi connectivity index (χ4v) is 1.02. The van der Waals surface area contributed by atoms with Crippen LogP contribution in [-0.2, 0) is 6.61 Å². The Kier molecular flexibility index (Phi) is 3.16. The predicted octanol–water partition coefficient (Wildman–Crippen LogP) is 1.79. The summed E-state index contributed by atoms with van der Waals surface area (Å²) in [5.41, 5.74) is 0.580. The fraction of sp³-hybridized carbons (Fsp3) is 0.700. The molecule has 0 spiro atoms. The number of aliphatic hydroxyl groups is 1. The number of hydrogen-bond acceptors (Lipinski definition) is 4. The molecule has 0 amide bonds. The first-order valence-corrected chi connectivity index (χ1v) is 4.80. The lowest BCUT2D eigenvalue weighted by Crippen LogP contribution is -2.40. The molecule has 0 aromatic carbocycles. The van der Waals surface area contributed by atoms with Crippen LogP contribution in [0.5, 0.6) is 0 Å². The van der Waals surface area contributed by atoms with Crippen LogP contribution in [0.1, 0.15) is 32.9 Å². The third-order valence-corrected chi connectivity index (χ3v) is 2.76. The van der Waals surface area contributed by atoms with Gasteiger partial charge in [-0.1, -0.05) is 6.92 Å². The van der Waals surface area contributed by atoms with Gasteiger partial charge in [0.05, 0.1) is 6.61 Å². The molecule has 1 rings (SSSR count). The van der Waals surface area contributed by atoms with E-state index in [1.165, 1.54) is 6.26 Å². The van der Waals surface area contributed by atoms with Gasteiger partial charge in [-0.05, 0) is 20.3 Å². The minimum atomic E-state index is -0.0795. The van der Waals surface area contributed by atoms with Crippen molar-refractivity contribution in [2.24, 2.45) is 0 Å². The van der Waals surface area contributed by atoms with Gasteiger partial charge in [0, 0.05) is 12.6 Å². The summed E-state index contributed by atoms with van der Waals surface area (Å²) in [6.45, 7) is 6.28. The Morgan fingerprint density at radius 1 is 1.57 bits per heavy atom. The zero-order valence-electron chi connectivity index (χ0n) is 9.24. The van der Waals surface area contributed by atoms with E-state index < -0.39 is 0 Å². The molecule has 1 N–H and O–H groups in total. The van der Waals surface area contributed by atoms with Crippen LogP contribution >= 0.6 is 0 Å². The van der Waals surface area contributed by atoms with Gasteiger partial charge < -0.3 is 14.4 Å². The first-order chi connectivity index (χ1) is 6.51. The number of rotatable bonds is 4. The van der Waals surface area contributed by atoms with E-state index in [1.807, 2.05) is 11.9 Å².